The van der Waals surface area contributed by atoms with Crippen molar-refractivity contribution in [2.45, 2.75) is 84.6 Å². The lowest BCUT2D eigenvalue weighted by Gasteiger charge is -2.28. The SMILES string of the molecule is CCN(C(=O)COC(=O)CCc1cc(C(C)(C)C)c(O)c(C(C)(C)C)c1)C1CCS(=O)(=O)C1. The molecule has 1 heterocycles. The second-order valence-corrected chi connectivity index (χ2v) is 13.2. The van der Waals surface area contributed by atoms with Gasteiger partial charge in [-0.2, -0.15) is 0 Å². The lowest BCUT2D eigenvalue weighted by molar-refractivity contribution is -0.152. The minimum absolute atomic E-state index is 0.0341. The predicted molar refractivity (Wildman–Crippen MR) is 129 cm³/mol. The molecule has 1 aliphatic heterocycles. The first-order chi connectivity index (χ1) is 15.0. The van der Waals surface area contributed by atoms with Crippen LogP contribution in [0, 0.1) is 0 Å². The topological polar surface area (TPSA) is 101 Å². The highest BCUT2D eigenvalue weighted by Gasteiger charge is 2.34. The molecule has 1 aliphatic rings. The number of nitrogens with zero attached hydrogens (tertiary/aromatic N) is 1. The van der Waals surface area contributed by atoms with Gasteiger partial charge in [-0.1, -0.05) is 53.7 Å². The Bertz CT molecular complexity index is 950. The number of aryl methyl sites for hydroxylation is 1. The molecule has 1 amide bonds. The fourth-order valence-corrected chi connectivity index (χ4v) is 5.92. The van der Waals surface area contributed by atoms with Crippen LogP contribution in [0.4, 0.5) is 0 Å². The van der Waals surface area contributed by atoms with E-state index in [1.54, 1.807) is 6.92 Å². The van der Waals surface area contributed by atoms with Crippen LogP contribution >= 0.6 is 0 Å². The molecule has 0 aliphatic carbocycles. The molecule has 1 saturated heterocycles. The number of rotatable bonds is 7. The molecule has 1 aromatic rings. The molecule has 0 radical (unpaired) electrons. The van der Waals surface area contributed by atoms with E-state index in [-0.39, 0.29) is 47.3 Å². The van der Waals surface area contributed by atoms with Crippen LogP contribution in [0.1, 0.15) is 78.0 Å². The summed E-state index contributed by atoms with van der Waals surface area (Å²) < 4.78 is 28.7. The van der Waals surface area contributed by atoms with E-state index in [9.17, 15) is 23.1 Å². The molecule has 1 unspecified atom stereocenters. The molecule has 2 rings (SSSR count). The van der Waals surface area contributed by atoms with E-state index >= 15 is 0 Å². The molecule has 0 aromatic heterocycles. The van der Waals surface area contributed by atoms with Crippen molar-refractivity contribution in [1.29, 1.82) is 0 Å². The number of likely N-dealkylation sites (N-methyl/N-ethyl adjacent to an activating group) is 1. The number of esters is 1. The van der Waals surface area contributed by atoms with E-state index < -0.39 is 15.8 Å². The second kappa shape index (κ2) is 10.0. The van der Waals surface area contributed by atoms with Crippen molar-refractivity contribution >= 4 is 21.7 Å². The number of carbonyl (C=O) groups is 2. The Kier molecular flexibility index (Phi) is 8.26. The summed E-state index contributed by atoms with van der Waals surface area (Å²) in [7, 11) is -3.11. The van der Waals surface area contributed by atoms with Gasteiger partial charge in [0.05, 0.1) is 11.5 Å². The molecule has 7 nitrogen and oxygen atoms in total. The smallest absolute Gasteiger partial charge is 0.306 e. The fraction of sp³-hybridized carbons (Fsp3) is 0.680. The minimum atomic E-state index is -3.11. The van der Waals surface area contributed by atoms with Gasteiger partial charge in [0, 0.05) is 19.0 Å². The third-order valence-electron chi connectivity index (χ3n) is 6.07. The third-order valence-corrected chi connectivity index (χ3v) is 7.82. The number of ether oxygens (including phenoxy) is 1. The van der Waals surface area contributed by atoms with Gasteiger partial charge < -0.3 is 14.7 Å². The average molecular weight is 482 g/mol. The minimum Gasteiger partial charge on any atom is -0.507 e. The molecular weight excluding hydrogens is 442 g/mol. The van der Waals surface area contributed by atoms with E-state index in [2.05, 4.69) is 0 Å². The van der Waals surface area contributed by atoms with Crippen LogP contribution in [0.3, 0.4) is 0 Å². The second-order valence-electron chi connectivity index (χ2n) is 10.9. The van der Waals surface area contributed by atoms with Gasteiger partial charge in [0.1, 0.15) is 5.75 Å². The maximum absolute atomic E-state index is 12.5. The van der Waals surface area contributed by atoms with Gasteiger partial charge in [-0.3, -0.25) is 9.59 Å². The average Bonchev–Trinajstić information content (AvgIpc) is 3.03. The summed E-state index contributed by atoms with van der Waals surface area (Å²) in [6.45, 7) is 14.0. The maximum Gasteiger partial charge on any atom is 0.306 e. The van der Waals surface area contributed by atoms with Crippen LogP contribution in [0.5, 0.6) is 5.75 Å². The number of phenolic OH excluding ortho intramolecular Hbond substituents is 1. The van der Waals surface area contributed by atoms with Crippen LogP contribution in [0.15, 0.2) is 12.1 Å². The van der Waals surface area contributed by atoms with Gasteiger partial charge in [-0.05, 0) is 47.3 Å². The van der Waals surface area contributed by atoms with Crippen LogP contribution < -0.4 is 0 Å². The van der Waals surface area contributed by atoms with E-state index in [1.807, 2.05) is 53.7 Å². The van der Waals surface area contributed by atoms with Crippen LogP contribution in [-0.2, 0) is 41.4 Å². The summed E-state index contributed by atoms with van der Waals surface area (Å²) in [5, 5.41) is 10.8. The number of benzene rings is 1. The normalized spacial score (nSPS) is 18.2. The zero-order valence-corrected chi connectivity index (χ0v) is 21.8. The van der Waals surface area contributed by atoms with Crippen LogP contribution in [-0.4, -0.2) is 61.0 Å². The number of hydrogen-bond donors (Lipinski definition) is 1. The Labute approximate surface area is 198 Å². The van der Waals surface area contributed by atoms with Crippen LogP contribution in [0.2, 0.25) is 0 Å². The summed E-state index contributed by atoms with van der Waals surface area (Å²) in [6, 6.07) is 3.51. The summed E-state index contributed by atoms with van der Waals surface area (Å²) in [6.07, 6.45) is 0.954. The third kappa shape index (κ3) is 7.19. The van der Waals surface area contributed by atoms with E-state index in [1.165, 1.54) is 4.90 Å². The lowest BCUT2D eigenvalue weighted by Crippen LogP contribution is -2.43. The highest BCUT2D eigenvalue weighted by molar-refractivity contribution is 7.91. The molecule has 186 valence electrons. The van der Waals surface area contributed by atoms with Crippen molar-refractivity contribution in [1.82, 2.24) is 4.90 Å². The summed E-state index contributed by atoms with van der Waals surface area (Å²) >= 11 is 0. The van der Waals surface area contributed by atoms with Crippen molar-refractivity contribution in [3.8, 4) is 5.75 Å². The molecule has 0 bridgehead atoms. The van der Waals surface area contributed by atoms with Crippen molar-refractivity contribution in [2.75, 3.05) is 24.7 Å². The Balaban J connectivity index is 2.02. The number of sulfone groups is 1. The van der Waals surface area contributed by atoms with Crippen molar-refractivity contribution < 1.29 is 27.9 Å². The molecule has 1 fully saturated rings. The number of phenols is 1. The fourth-order valence-electron chi connectivity index (χ4n) is 4.19. The van der Waals surface area contributed by atoms with Gasteiger partial charge in [-0.15, -0.1) is 0 Å². The Morgan fingerprint density at radius 3 is 2.06 bits per heavy atom. The molecule has 1 aromatic carbocycles. The first-order valence-electron chi connectivity index (χ1n) is 11.6. The highest BCUT2D eigenvalue weighted by Crippen LogP contribution is 2.40. The molecule has 33 heavy (non-hydrogen) atoms. The number of aromatic hydroxyl groups is 1. The standard InChI is InChI=1S/C25H39NO6S/c1-8-26(18-11-12-33(30,31)16-18)21(27)15-32-22(28)10-9-17-13-19(24(2,3)4)23(29)20(14-17)25(5,6)7/h13-14,18,29H,8-12,15-16H2,1-7H3. The van der Waals surface area contributed by atoms with Crippen molar-refractivity contribution in [3.05, 3.63) is 28.8 Å². The van der Waals surface area contributed by atoms with Crippen molar-refractivity contribution in [2.24, 2.45) is 0 Å². The quantitative estimate of drug-likeness (QED) is 0.598. The molecular formula is C25H39NO6S. The Hall–Kier alpha value is -2.09. The molecule has 8 heteroatoms. The zero-order chi connectivity index (χ0) is 25.2. The van der Waals surface area contributed by atoms with E-state index in [0.717, 1.165) is 16.7 Å². The largest absolute Gasteiger partial charge is 0.507 e. The predicted octanol–water partition coefficient (Wildman–Crippen LogP) is 3.50. The van der Waals surface area contributed by atoms with Gasteiger partial charge in [-0.25, -0.2) is 8.42 Å². The Morgan fingerprint density at radius 1 is 1.09 bits per heavy atom. The zero-order valence-electron chi connectivity index (χ0n) is 21.0. The monoisotopic (exact) mass is 481 g/mol. The number of amides is 1. The van der Waals surface area contributed by atoms with Gasteiger partial charge >= 0.3 is 5.97 Å². The highest BCUT2D eigenvalue weighted by atomic mass is 32.2. The van der Waals surface area contributed by atoms with E-state index in [4.69, 9.17) is 4.74 Å². The van der Waals surface area contributed by atoms with Gasteiger partial charge in [0.15, 0.2) is 16.4 Å². The van der Waals surface area contributed by atoms with Gasteiger partial charge in [0.25, 0.3) is 5.91 Å². The maximum atomic E-state index is 12.5. The van der Waals surface area contributed by atoms with Gasteiger partial charge in [0.2, 0.25) is 0 Å². The number of carbonyl (C=O) groups excluding carboxylic acids is 2. The summed E-state index contributed by atoms with van der Waals surface area (Å²) in [5.74, 6) is -0.515. The summed E-state index contributed by atoms with van der Waals surface area (Å²) in [4.78, 5) is 26.4. The summed E-state index contributed by atoms with van der Waals surface area (Å²) in [5.41, 5.74) is 2.07. The lowest BCUT2D eigenvalue weighted by atomic mass is 9.78. The van der Waals surface area contributed by atoms with E-state index in [0.29, 0.717) is 25.1 Å². The molecule has 1 atom stereocenters. The van der Waals surface area contributed by atoms with Crippen molar-refractivity contribution in [3.63, 3.8) is 0 Å². The first-order valence-corrected chi connectivity index (χ1v) is 13.4. The molecule has 0 saturated carbocycles. The molecule has 0 spiro atoms. The van der Waals surface area contributed by atoms with Crippen LogP contribution in [0.25, 0.3) is 0 Å². The Morgan fingerprint density at radius 2 is 1.64 bits per heavy atom. The molecule has 1 N–H and O–H groups in total. The number of hydrogen-bond acceptors (Lipinski definition) is 6. The first kappa shape index (κ1) is 27.2.